The fourth-order valence-corrected chi connectivity index (χ4v) is 4.83. The van der Waals surface area contributed by atoms with Gasteiger partial charge in [-0.05, 0) is 31.9 Å². The number of anilines is 1. The summed E-state index contributed by atoms with van der Waals surface area (Å²) in [7, 11) is 0. The van der Waals surface area contributed by atoms with Crippen LogP contribution in [0.4, 0.5) is 5.69 Å². The van der Waals surface area contributed by atoms with Gasteiger partial charge in [0.15, 0.2) is 6.67 Å². The molecule has 1 saturated carbocycles. The topological polar surface area (TPSA) is 54.3 Å². The Labute approximate surface area is 161 Å². The van der Waals surface area contributed by atoms with E-state index in [0.717, 1.165) is 63.3 Å². The maximum atomic E-state index is 12.7. The van der Waals surface area contributed by atoms with Gasteiger partial charge in [-0.2, -0.15) is 0 Å². The van der Waals surface area contributed by atoms with Gasteiger partial charge in [0.2, 0.25) is 11.8 Å². The Morgan fingerprint density at radius 1 is 1.04 bits per heavy atom. The van der Waals surface area contributed by atoms with Crippen molar-refractivity contribution < 1.29 is 19.2 Å². The SMILES string of the molecule is CCOc1ccccc1N1CC[NH+](CN2C(=O)[C@H]3CCCC[C@@H]3C2=O)CC1. The molecule has 1 aliphatic carbocycles. The number of rotatable bonds is 5. The zero-order valence-electron chi connectivity index (χ0n) is 16.2. The Balaban J connectivity index is 1.36. The zero-order chi connectivity index (χ0) is 18.8. The van der Waals surface area contributed by atoms with Crippen molar-refractivity contribution in [2.75, 3.05) is 44.4 Å². The minimum Gasteiger partial charge on any atom is -0.492 e. The van der Waals surface area contributed by atoms with Gasteiger partial charge in [0.1, 0.15) is 5.75 Å². The van der Waals surface area contributed by atoms with Gasteiger partial charge in [-0.3, -0.25) is 9.59 Å². The molecule has 4 rings (SSSR count). The maximum Gasteiger partial charge on any atom is 0.237 e. The number of carbonyl (C=O) groups is 2. The van der Waals surface area contributed by atoms with Crippen molar-refractivity contribution >= 4 is 17.5 Å². The van der Waals surface area contributed by atoms with Crippen molar-refractivity contribution in [2.45, 2.75) is 32.6 Å². The van der Waals surface area contributed by atoms with Gasteiger partial charge in [0, 0.05) is 0 Å². The summed E-state index contributed by atoms with van der Waals surface area (Å²) in [6, 6.07) is 8.16. The lowest BCUT2D eigenvalue weighted by molar-refractivity contribution is -0.908. The lowest BCUT2D eigenvalue weighted by atomic mass is 9.81. The summed E-state index contributed by atoms with van der Waals surface area (Å²) in [6.45, 7) is 6.85. The molecule has 27 heavy (non-hydrogen) atoms. The first kappa shape index (κ1) is 18.3. The molecule has 3 fully saturated rings. The van der Waals surface area contributed by atoms with Crippen LogP contribution in [-0.4, -0.2) is 56.2 Å². The molecule has 1 N–H and O–H groups in total. The van der Waals surface area contributed by atoms with E-state index >= 15 is 0 Å². The lowest BCUT2D eigenvalue weighted by Crippen LogP contribution is -3.16. The maximum absolute atomic E-state index is 12.7. The number of nitrogens with zero attached hydrogens (tertiary/aromatic N) is 2. The zero-order valence-corrected chi connectivity index (χ0v) is 16.2. The van der Waals surface area contributed by atoms with Gasteiger partial charge in [-0.25, -0.2) is 4.90 Å². The van der Waals surface area contributed by atoms with Crippen LogP contribution in [-0.2, 0) is 9.59 Å². The second-order valence-corrected chi connectivity index (χ2v) is 7.90. The predicted octanol–water partition coefficient (Wildman–Crippen LogP) is 0.923. The normalized spacial score (nSPS) is 26.4. The molecule has 2 saturated heterocycles. The molecule has 146 valence electrons. The van der Waals surface area contributed by atoms with Crippen LogP contribution in [0.25, 0.3) is 0 Å². The molecule has 0 bridgehead atoms. The van der Waals surface area contributed by atoms with Gasteiger partial charge in [-0.1, -0.05) is 25.0 Å². The molecule has 0 radical (unpaired) electrons. The number of imide groups is 1. The summed E-state index contributed by atoms with van der Waals surface area (Å²) < 4.78 is 5.76. The van der Waals surface area contributed by atoms with E-state index in [4.69, 9.17) is 4.74 Å². The molecular formula is C21H30N3O3+. The molecule has 1 aromatic carbocycles. The molecule has 0 unspecified atom stereocenters. The average molecular weight is 372 g/mol. The largest absolute Gasteiger partial charge is 0.492 e. The van der Waals surface area contributed by atoms with E-state index in [1.165, 1.54) is 4.90 Å². The number of hydrogen-bond acceptors (Lipinski definition) is 4. The summed E-state index contributed by atoms with van der Waals surface area (Å²) in [4.78, 5) is 30.6. The first-order valence-corrected chi connectivity index (χ1v) is 10.3. The summed E-state index contributed by atoms with van der Waals surface area (Å²) >= 11 is 0. The molecule has 6 nitrogen and oxygen atoms in total. The van der Waals surface area contributed by atoms with Crippen molar-refractivity contribution in [3.63, 3.8) is 0 Å². The van der Waals surface area contributed by atoms with Gasteiger partial charge < -0.3 is 14.5 Å². The summed E-state index contributed by atoms with van der Waals surface area (Å²) in [6.07, 6.45) is 3.95. The fraction of sp³-hybridized carbons (Fsp3) is 0.619. The summed E-state index contributed by atoms with van der Waals surface area (Å²) in [5.74, 6) is 1.02. The summed E-state index contributed by atoms with van der Waals surface area (Å²) in [5, 5.41) is 0. The second-order valence-electron chi connectivity index (χ2n) is 7.90. The smallest absolute Gasteiger partial charge is 0.237 e. The number of carbonyl (C=O) groups excluding carboxylic acids is 2. The Morgan fingerprint density at radius 2 is 1.67 bits per heavy atom. The number of piperazine rings is 1. The second kappa shape index (κ2) is 7.89. The van der Waals surface area contributed by atoms with Crippen LogP contribution in [0.5, 0.6) is 5.75 Å². The van der Waals surface area contributed by atoms with E-state index in [9.17, 15) is 9.59 Å². The number of quaternary nitrogens is 1. The highest BCUT2D eigenvalue weighted by molar-refractivity contribution is 6.05. The highest BCUT2D eigenvalue weighted by Crippen LogP contribution is 2.37. The van der Waals surface area contributed by atoms with Crippen LogP contribution in [0, 0.1) is 11.8 Å². The van der Waals surface area contributed by atoms with Crippen LogP contribution in [0.15, 0.2) is 24.3 Å². The van der Waals surface area contributed by atoms with Gasteiger partial charge in [-0.15, -0.1) is 0 Å². The number of likely N-dealkylation sites (tertiary alicyclic amines) is 1. The van der Waals surface area contributed by atoms with E-state index in [0.29, 0.717) is 13.3 Å². The highest BCUT2D eigenvalue weighted by Gasteiger charge is 2.49. The molecule has 0 spiro atoms. The first-order chi connectivity index (χ1) is 13.2. The third-order valence-electron chi connectivity index (χ3n) is 6.29. The third kappa shape index (κ3) is 3.55. The van der Waals surface area contributed by atoms with Gasteiger partial charge in [0.05, 0.1) is 50.3 Å². The Kier molecular flexibility index (Phi) is 5.34. The van der Waals surface area contributed by atoms with Crippen LogP contribution in [0.3, 0.4) is 0 Å². The van der Waals surface area contributed by atoms with Crippen LogP contribution >= 0.6 is 0 Å². The summed E-state index contributed by atoms with van der Waals surface area (Å²) in [5.41, 5.74) is 1.14. The molecule has 2 atom stereocenters. The third-order valence-corrected chi connectivity index (χ3v) is 6.29. The number of nitrogens with one attached hydrogen (secondary N) is 1. The number of para-hydroxylation sites is 2. The Morgan fingerprint density at radius 3 is 2.30 bits per heavy atom. The molecule has 2 aliphatic heterocycles. The minimum atomic E-state index is -0.0370. The van der Waals surface area contributed by atoms with Crippen molar-refractivity contribution in [1.29, 1.82) is 0 Å². The van der Waals surface area contributed by atoms with Crippen LogP contribution < -0.4 is 14.5 Å². The molecular weight excluding hydrogens is 342 g/mol. The Hall–Kier alpha value is -2.08. The Bertz CT molecular complexity index is 676. The van der Waals surface area contributed by atoms with Crippen LogP contribution in [0.1, 0.15) is 32.6 Å². The molecule has 2 heterocycles. The van der Waals surface area contributed by atoms with Crippen molar-refractivity contribution in [3.8, 4) is 5.75 Å². The van der Waals surface area contributed by atoms with Crippen LogP contribution in [0.2, 0.25) is 0 Å². The van der Waals surface area contributed by atoms with E-state index < -0.39 is 0 Å². The number of benzene rings is 1. The highest BCUT2D eigenvalue weighted by atomic mass is 16.5. The monoisotopic (exact) mass is 372 g/mol. The molecule has 1 aromatic rings. The quantitative estimate of drug-likeness (QED) is 0.781. The first-order valence-electron chi connectivity index (χ1n) is 10.3. The molecule has 2 amide bonds. The minimum absolute atomic E-state index is 0.0370. The predicted molar refractivity (Wildman–Crippen MR) is 103 cm³/mol. The van der Waals surface area contributed by atoms with E-state index in [1.54, 1.807) is 4.90 Å². The van der Waals surface area contributed by atoms with Crippen molar-refractivity contribution in [2.24, 2.45) is 11.8 Å². The molecule has 6 heteroatoms. The number of hydrogen-bond donors (Lipinski definition) is 1. The van der Waals surface area contributed by atoms with Gasteiger partial charge in [0.25, 0.3) is 0 Å². The fourth-order valence-electron chi connectivity index (χ4n) is 4.83. The van der Waals surface area contributed by atoms with Crippen molar-refractivity contribution in [1.82, 2.24) is 4.90 Å². The standard InChI is InChI=1S/C21H29N3O3/c1-2-27-19-10-6-5-9-18(19)23-13-11-22(12-14-23)15-24-20(25)16-7-3-4-8-17(16)21(24)26/h5-6,9-10,16-17H,2-4,7-8,11-15H2,1H3/p+1/t16-,17-/m0/s1. The van der Waals surface area contributed by atoms with E-state index in [-0.39, 0.29) is 23.7 Å². The average Bonchev–Trinajstić information content (AvgIpc) is 2.95. The number of ether oxygens (including phenoxy) is 1. The molecule has 3 aliphatic rings. The number of amides is 2. The van der Waals surface area contributed by atoms with E-state index in [1.807, 2.05) is 25.1 Å². The number of fused-ring (bicyclic) bond motifs is 1. The lowest BCUT2D eigenvalue weighted by Gasteiger charge is -2.35. The van der Waals surface area contributed by atoms with Crippen molar-refractivity contribution in [3.05, 3.63) is 24.3 Å². The van der Waals surface area contributed by atoms with E-state index in [2.05, 4.69) is 11.0 Å². The van der Waals surface area contributed by atoms with Gasteiger partial charge >= 0.3 is 0 Å². The molecule has 0 aromatic heterocycles.